The number of aryl methyl sites for hydroxylation is 2. The number of nitrogens with zero attached hydrogens (tertiary/aromatic N) is 2. The molecule has 3 nitrogen and oxygen atoms in total. The fourth-order valence-corrected chi connectivity index (χ4v) is 3.58. The molecule has 96 valence electrons. The second-order valence-electron chi connectivity index (χ2n) is 5.03. The smallest absolute Gasteiger partial charge is 0.0615 e. The molecule has 0 radical (unpaired) electrons. The van der Waals surface area contributed by atoms with E-state index < -0.39 is 0 Å². The van der Waals surface area contributed by atoms with Gasteiger partial charge in [0.15, 0.2) is 0 Å². The summed E-state index contributed by atoms with van der Waals surface area (Å²) < 4.78 is 7.87. The van der Waals surface area contributed by atoms with Crippen LogP contribution in [0.3, 0.4) is 0 Å². The van der Waals surface area contributed by atoms with E-state index in [-0.39, 0.29) is 5.41 Å². The lowest BCUT2D eigenvalue weighted by Crippen LogP contribution is -2.33. The Labute approximate surface area is 112 Å². The second kappa shape index (κ2) is 5.11. The number of hydrogen-bond donors (Lipinski definition) is 0. The molecule has 2 unspecified atom stereocenters. The molecule has 1 saturated heterocycles. The van der Waals surface area contributed by atoms with E-state index in [2.05, 4.69) is 52.5 Å². The van der Waals surface area contributed by atoms with Crippen LogP contribution in [0.4, 0.5) is 0 Å². The molecule has 0 N–H and O–H groups in total. The molecule has 17 heavy (non-hydrogen) atoms. The number of aromatic nitrogens is 2. The predicted molar refractivity (Wildman–Crippen MR) is 72.6 cm³/mol. The molecule has 0 spiro atoms. The van der Waals surface area contributed by atoms with Crippen LogP contribution in [0, 0.1) is 12.3 Å². The van der Waals surface area contributed by atoms with E-state index in [1.165, 1.54) is 5.69 Å². The average molecular weight is 301 g/mol. The van der Waals surface area contributed by atoms with Gasteiger partial charge in [0.25, 0.3) is 0 Å². The van der Waals surface area contributed by atoms with Gasteiger partial charge in [-0.2, -0.15) is 5.10 Å². The van der Waals surface area contributed by atoms with Gasteiger partial charge in [0.2, 0.25) is 0 Å². The molecule has 0 aliphatic carbocycles. The van der Waals surface area contributed by atoms with Crippen molar-refractivity contribution in [2.45, 2.75) is 46.3 Å². The summed E-state index contributed by atoms with van der Waals surface area (Å²) in [6.45, 7) is 8.22. The van der Waals surface area contributed by atoms with Crippen molar-refractivity contribution in [1.82, 2.24) is 9.78 Å². The maximum Gasteiger partial charge on any atom is 0.0615 e. The predicted octanol–water partition coefficient (Wildman–Crippen LogP) is 2.94. The van der Waals surface area contributed by atoms with Gasteiger partial charge in [-0.15, -0.1) is 0 Å². The van der Waals surface area contributed by atoms with Crippen LogP contribution in [0.5, 0.6) is 0 Å². The van der Waals surface area contributed by atoms with Crippen molar-refractivity contribution < 1.29 is 4.74 Å². The third-order valence-electron chi connectivity index (χ3n) is 3.91. The van der Waals surface area contributed by atoms with Crippen LogP contribution in [-0.4, -0.2) is 27.8 Å². The Kier molecular flexibility index (Phi) is 3.93. The first kappa shape index (κ1) is 13.1. The molecule has 0 bridgehead atoms. The van der Waals surface area contributed by atoms with Crippen molar-refractivity contribution in [2.24, 2.45) is 5.41 Å². The molecule has 0 aromatic carbocycles. The first-order valence-electron chi connectivity index (χ1n) is 6.32. The van der Waals surface area contributed by atoms with Crippen LogP contribution in [0.25, 0.3) is 0 Å². The zero-order chi connectivity index (χ0) is 12.5. The van der Waals surface area contributed by atoms with Gasteiger partial charge in [0.1, 0.15) is 0 Å². The Morgan fingerprint density at radius 1 is 1.65 bits per heavy atom. The number of hydrogen-bond acceptors (Lipinski definition) is 2. The molecular formula is C13H21BrN2O. The summed E-state index contributed by atoms with van der Waals surface area (Å²) >= 11 is 3.67. The molecule has 1 aromatic heterocycles. The van der Waals surface area contributed by atoms with Gasteiger partial charge in [0.05, 0.1) is 11.8 Å². The number of rotatable bonds is 4. The van der Waals surface area contributed by atoms with Crippen molar-refractivity contribution in [3.8, 4) is 0 Å². The summed E-state index contributed by atoms with van der Waals surface area (Å²) in [5.74, 6) is 0. The molecule has 4 heteroatoms. The zero-order valence-corrected chi connectivity index (χ0v) is 12.5. The van der Waals surface area contributed by atoms with Crippen molar-refractivity contribution in [3.05, 3.63) is 17.5 Å². The Hall–Kier alpha value is -0.350. The summed E-state index contributed by atoms with van der Waals surface area (Å²) in [5.41, 5.74) is 2.68. The molecule has 2 heterocycles. The summed E-state index contributed by atoms with van der Waals surface area (Å²) in [5, 5.41) is 5.52. The Morgan fingerprint density at radius 3 is 2.94 bits per heavy atom. The fourth-order valence-electron chi connectivity index (χ4n) is 2.65. The van der Waals surface area contributed by atoms with Crippen molar-refractivity contribution in [1.29, 1.82) is 0 Å². The van der Waals surface area contributed by atoms with Crippen LogP contribution in [0.1, 0.15) is 31.7 Å². The largest absolute Gasteiger partial charge is 0.378 e. The third kappa shape index (κ3) is 2.43. The lowest BCUT2D eigenvalue weighted by atomic mass is 9.79. The van der Waals surface area contributed by atoms with E-state index in [1.54, 1.807) is 0 Å². The number of halogens is 1. The highest BCUT2D eigenvalue weighted by atomic mass is 79.9. The van der Waals surface area contributed by atoms with E-state index in [1.807, 2.05) is 0 Å². The molecule has 1 fully saturated rings. The highest BCUT2D eigenvalue weighted by Crippen LogP contribution is 2.39. The molecule has 1 aromatic rings. The average Bonchev–Trinajstić information content (AvgIpc) is 2.84. The van der Waals surface area contributed by atoms with Crippen LogP contribution in [0.15, 0.2) is 6.07 Å². The first-order valence-corrected chi connectivity index (χ1v) is 7.44. The lowest BCUT2D eigenvalue weighted by molar-refractivity contribution is 0.0737. The van der Waals surface area contributed by atoms with E-state index in [4.69, 9.17) is 4.74 Å². The first-order chi connectivity index (χ1) is 8.11. The standard InChI is InChI=1S/C13H21BrN2O/c1-4-16-12(7-10(2)15-16)8-13(9-14)5-6-17-11(13)3/h7,11H,4-6,8-9H2,1-3H3. The molecule has 0 saturated carbocycles. The van der Waals surface area contributed by atoms with Gasteiger partial charge in [0, 0.05) is 29.6 Å². The van der Waals surface area contributed by atoms with E-state index in [0.29, 0.717) is 6.10 Å². The summed E-state index contributed by atoms with van der Waals surface area (Å²) in [7, 11) is 0. The fraction of sp³-hybridized carbons (Fsp3) is 0.769. The molecule has 1 aliphatic rings. The second-order valence-corrected chi connectivity index (χ2v) is 5.59. The Bertz CT molecular complexity index is 391. The summed E-state index contributed by atoms with van der Waals surface area (Å²) in [4.78, 5) is 0. The van der Waals surface area contributed by atoms with Gasteiger partial charge in [-0.25, -0.2) is 0 Å². The Morgan fingerprint density at radius 2 is 2.41 bits per heavy atom. The summed E-state index contributed by atoms with van der Waals surface area (Å²) in [6.07, 6.45) is 2.50. The van der Waals surface area contributed by atoms with Gasteiger partial charge in [-0.1, -0.05) is 15.9 Å². The number of alkyl halides is 1. The van der Waals surface area contributed by atoms with Gasteiger partial charge < -0.3 is 4.74 Å². The quantitative estimate of drug-likeness (QED) is 0.800. The lowest BCUT2D eigenvalue weighted by Gasteiger charge is -2.30. The van der Waals surface area contributed by atoms with Crippen LogP contribution in [-0.2, 0) is 17.7 Å². The van der Waals surface area contributed by atoms with E-state index in [0.717, 1.165) is 37.0 Å². The molecule has 0 amide bonds. The SMILES string of the molecule is CCn1nc(C)cc1CC1(CBr)CCOC1C. The highest BCUT2D eigenvalue weighted by Gasteiger charge is 2.41. The van der Waals surface area contributed by atoms with Crippen molar-refractivity contribution in [2.75, 3.05) is 11.9 Å². The van der Waals surface area contributed by atoms with Crippen LogP contribution < -0.4 is 0 Å². The molecular weight excluding hydrogens is 280 g/mol. The third-order valence-corrected chi connectivity index (χ3v) is 5.03. The minimum atomic E-state index is 0.236. The zero-order valence-electron chi connectivity index (χ0n) is 10.9. The van der Waals surface area contributed by atoms with Gasteiger partial charge in [-0.3, -0.25) is 4.68 Å². The minimum absolute atomic E-state index is 0.236. The molecule has 2 atom stereocenters. The van der Waals surface area contributed by atoms with E-state index in [9.17, 15) is 0 Å². The van der Waals surface area contributed by atoms with Crippen LogP contribution in [0.2, 0.25) is 0 Å². The van der Waals surface area contributed by atoms with Crippen molar-refractivity contribution in [3.63, 3.8) is 0 Å². The normalized spacial score (nSPS) is 28.8. The Balaban J connectivity index is 2.23. The maximum atomic E-state index is 5.75. The van der Waals surface area contributed by atoms with Gasteiger partial charge >= 0.3 is 0 Å². The molecule has 2 rings (SSSR count). The van der Waals surface area contributed by atoms with E-state index >= 15 is 0 Å². The highest BCUT2D eigenvalue weighted by molar-refractivity contribution is 9.09. The van der Waals surface area contributed by atoms with Crippen molar-refractivity contribution >= 4 is 15.9 Å². The maximum absolute atomic E-state index is 5.75. The molecule has 1 aliphatic heterocycles. The van der Waals surface area contributed by atoms with Gasteiger partial charge in [-0.05, 0) is 39.7 Å². The number of ether oxygens (including phenoxy) is 1. The summed E-state index contributed by atoms with van der Waals surface area (Å²) in [6, 6.07) is 2.21. The topological polar surface area (TPSA) is 27.1 Å². The van der Waals surface area contributed by atoms with Crippen LogP contribution >= 0.6 is 15.9 Å². The monoisotopic (exact) mass is 300 g/mol. The minimum Gasteiger partial charge on any atom is -0.378 e.